The molecule has 0 unspecified atom stereocenters. The summed E-state index contributed by atoms with van der Waals surface area (Å²) in [5.41, 5.74) is 0.597. The first kappa shape index (κ1) is 15.2. The predicted octanol–water partition coefficient (Wildman–Crippen LogP) is 1.82. The lowest BCUT2D eigenvalue weighted by molar-refractivity contribution is -0.138. The van der Waals surface area contributed by atoms with E-state index in [0.717, 1.165) is 5.56 Å². The number of rotatable bonds is 6. The third kappa shape index (κ3) is 5.09. The number of carbonyl (C=O) groups excluding carboxylic acids is 1. The third-order valence-corrected chi connectivity index (χ3v) is 2.55. The van der Waals surface area contributed by atoms with Crippen LogP contribution in [0.5, 0.6) is 0 Å². The van der Waals surface area contributed by atoms with E-state index in [1.807, 2.05) is 6.07 Å². The summed E-state index contributed by atoms with van der Waals surface area (Å²) in [7, 11) is 1.59. The highest BCUT2D eigenvalue weighted by Crippen LogP contribution is 2.12. The summed E-state index contributed by atoms with van der Waals surface area (Å²) in [5.74, 6) is -1.23. The fourth-order valence-corrected chi connectivity index (χ4v) is 1.77. The maximum absolute atomic E-state index is 12.1. The molecule has 0 aliphatic rings. The van der Waals surface area contributed by atoms with Gasteiger partial charge < -0.3 is 15.2 Å². The molecule has 0 aromatic heterocycles. The van der Waals surface area contributed by atoms with E-state index in [2.05, 4.69) is 5.32 Å². The Morgan fingerprint density at radius 3 is 2.63 bits per heavy atom. The number of ether oxygens (including phenoxy) is 1. The number of hydrogen-bond donors (Lipinski definition) is 2. The summed E-state index contributed by atoms with van der Waals surface area (Å²) in [4.78, 5) is 22.8. The van der Waals surface area contributed by atoms with Crippen LogP contribution >= 0.6 is 0 Å². The molecule has 0 fully saturated rings. The first-order valence-electron chi connectivity index (χ1n) is 5.96. The van der Waals surface area contributed by atoms with Crippen molar-refractivity contribution in [3.63, 3.8) is 0 Å². The molecule has 0 atom stereocenters. The van der Waals surface area contributed by atoms with Gasteiger partial charge in [-0.2, -0.15) is 0 Å². The molecule has 2 N–H and O–H groups in total. The van der Waals surface area contributed by atoms with Crippen LogP contribution in [-0.2, 0) is 16.1 Å². The van der Waals surface area contributed by atoms with Crippen molar-refractivity contribution in [1.29, 1.82) is 0 Å². The second kappa shape index (κ2) is 6.33. The summed E-state index contributed by atoms with van der Waals surface area (Å²) in [6.45, 7) is 3.79. The van der Waals surface area contributed by atoms with Crippen LogP contribution < -0.4 is 5.32 Å². The van der Waals surface area contributed by atoms with Gasteiger partial charge in [-0.1, -0.05) is 12.1 Å². The fraction of sp³-hybridized carbons (Fsp3) is 0.429. The second-order valence-electron chi connectivity index (χ2n) is 5.04. The molecule has 1 rings (SSSR count). The third-order valence-electron chi connectivity index (χ3n) is 2.55. The van der Waals surface area contributed by atoms with Crippen molar-refractivity contribution in [2.24, 2.45) is 0 Å². The molecule has 5 nitrogen and oxygen atoms in total. The Morgan fingerprint density at radius 2 is 2.05 bits per heavy atom. The van der Waals surface area contributed by atoms with E-state index in [1.165, 1.54) is 0 Å². The zero-order valence-electron chi connectivity index (χ0n) is 11.4. The summed E-state index contributed by atoms with van der Waals surface area (Å²) >= 11 is 0. The van der Waals surface area contributed by atoms with Crippen molar-refractivity contribution in [2.75, 3.05) is 7.11 Å². The Morgan fingerprint density at radius 1 is 1.37 bits per heavy atom. The van der Waals surface area contributed by atoms with Gasteiger partial charge in [-0.3, -0.25) is 9.59 Å². The number of amides is 1. The molecule has 1 aromatic carbocycles. The van der Waals surface area contributed by atoms with Crippen LogP contribution in [0.2, 0.25) is 0 Å². The predicted molar refractivity (Wildman–Crippen MR) is 71.0 cm³/mol. The molecule has 0 radical (unpaired) electrons. The molecular formula is C14H19NO4. The highest BCUT2D eigenvalue weighted by Gasteiger charge is 2.24. The van der Waals surface area contributed by atoms with E-state index in [4.69, 9.17) is 9.84 Å². The van der Waals surface area contributed by atoms with Gasteiger partial charge >= 0.3 is 5.97 Å². The first-order chi connectivity index (χ1) is 8.84. The second-order valence-corrected chi connectivity index (χ2v) is 5.04. The number of nitrogens with one attached hydrogen (secondary N) is 1. The van der Waals surface area contributed by atoms with Crippen molar-refractivity contribution < 1.29 is 19.4 Å². The van der Waals surface area contributed by atoms with Gasteiger partial charge in [0.2, 0.25) is 0 Å². The summed E-state index contributed by atoms with van der Waals surface area (Å²) in [6.07, 6.45) is -0.128. The van der Waals surface area contributed by atoms with Gasteiger partial charge in [0.05, 0.1) is 13.0 Å². The summed E-state index contributed by atoms with van der Waals surface area (Å²) in [5, 5.41) is 11.5. The van der Waals surface area contributed by atoms with E-state index in [9.17, 15) is 9.59 Å². The molecule has 0 bridgehead atoms. The largest absolute Gasteiger partial charge is 0.481 e. The van der Waals surface area contributed by atoms with Crippen molar-refractivity contribution >= 4 is 11.9 Å². The lowest BCUT2D eigenvalue weighted by Gasteiger charge is -2.24. The van der Waals surface area contributed by atoms with Gasteiger partial charge in [0.25, 0.3) is 5.91 Å². The Kier molecular flexibility index (Phi) is 5.06. The maximum Gasteiger partial charge on any atom is 0.305 e. The number of aliphatic carboxylic acids is 1. The molecule has 0 saturated heterocycles. The quantitative estimate of drug-likeness (QED) is 0.822. The minimum Gasteiger partial charge on any atom is -0.481 e. The standard InChI is InChI=1S/C14H19NO4/c1-14(2,8-12(16)17)15-13(18)11-6-4-5-10(7-11)9-19-3/h4-7H,8-9H2,1-3H3,(H,15,18)(H,16,17). The lowest BCUT2D eigenvalue weighted by Crippen LogP contribution is -2.44. The fourth-order valence-electron chi connectivity index (χ4n) is 1.77. The number of hydrogen-bond acceptors (Lipinski definition) is 3. The SMILES string of the molecule is COCc1cccc(C(=O)NC(C)(C)CC(=O)O)c1. The van der Waals surface area contributed by atoms with Gasteiger partial charge in [0.1, 0.15) is 0 Å². The zero-order valence-corrected chi connectivity index (χ0v) is 11.4. The molecule has 0 aliphatic heterocycles. The van der Waals surface area contributed by atoms with E-state index < -0.39 is 11.5 Å². The molecule has 1 aromatic rings. The minimum absolute atomic E-state index is 0.128. The van der Waals surface area contributed by atoms with Crippen LogP contribution in [0, 0.1) is 0 Å². The number of carbonyl (C=O) groups is 2. The molecule has 0 saturated carbocycles. The van der Waals surface area contributed by atoms with Gasteiger partial charge in [-0.05, 0) is 31.5 Å². The van der Waals surface area contributed by atoms with Crippen LogP contribution in [0.15, 0.2) is 24.3 Å². The monoisotopic (exact) mass is 265 g/mol. The number of carboxylic acids is 1. The normalized spacial score (nSPS) is 11.1. The smallest absolute Gasteiger partial charge is 0.305 e. The van der Waals surface area contributed by atoms with Crippen LogP contribution in [0.1, 0.15) is 36.2 Å². The van der Waals surface area contributed by atoms with Gasteiger partial charge in [0, 0.05) is 18.2 Å². The van der Waals surface area contributed by atoms with E-state index >= 15 is 0 Å². The zero-order chi connectivity index (χ0) is 14.5. The van der Waals surface area contributed by atoms with E-state index in [0.29, 0.717) is 12.2 Å². The molecule has 1 amide bonds. The lowest BCUT2D eigenvalue weighted by atomic mass is 10.00. The maximum atomic E-state index is 12.1. The highest BCUT2D eigenvalue weighted by atomic mass is 16.5. The highest BCUT2D eigenvalue weighted by molar-refractivity contribution is 5.95. The van der Waals surface area contributed by atoms with Crippen molar-refractivity contribution in [2.45, 2.75) is 32.4 Å². The van der Waals surface area contributed by atoms with Crippen LogP contribution in [0.3, 0.4) is 0 Å². The summed E-state index contributed by atoms with van der Waals surface area (Å²) in [6, 6.07) is 7.05. The van der Waals surface area contributed by atoms with Crippen molar-refractivity contribution in [1.82, 2.24) is 5.32 Å². The first-order valence-corrected chi connectivity index (χ1v) is 5.96. The minimum atomic E-state index is -0.946. The van der Waals surface area contributed by atoms with Crippen LogP contribution in [-0.4, -0.2) is 29.6 Å². The molecular weight excluding hydrogens is 246 g/mol. The van der Waals surface area contributed by atoms with Crippen LogP contribution in [0.25, 0.3) is 0 Å². The average Bonchev–Trinajstić information content (AvgIpc) is 2.27. The molecule has 5 heteroatoms. The van der Waals surface area contributed by atoms with Gasteiger partial charge in [-0.15, -0.1) is 0 Å². The topological polar surface area (TPSA) is 75.6 Å². The average molecular weight is 265 g/mol. The Hall–Kier alpha value is -1.88. The molecule has 0 spiro atoms. The van der Waals surface area contributed by atoms with Crippen LogP contribution in [0.4, 0.5) is 0 Å². The van der Waals surface area contributed by atoms with Crippen molar-refractivity contribution in [3.05, 3.63) is 35.4 Å². The summed E-state index contributed by atoms with van der Waals surface area (Å²) < 4.78 is 5.01. The Bertz CT molecular complexity index is 468. The molecule has 0 aliphatic carbocycles. The van der Waals surface area contributed by atoms with Gasteiger partial charge in [0.15, 0.2) is 0 Å². The van der Waals surface area contributed by atoms with Crippen molar-refractivity contribution in [3.8, 4) is 0 Å². The van der Waals surface area contributed by atoms with E-state index in [-0.39, 0.29) is 12.3 Å². The molecule has 19 heavy (non-hydrogen) atoms. The van der Waals surface area contributed by atoms with E-state index in [1.54, 1.807) is 39.2 Å². The molecule has 0 heterocycles. The number of carboxylic acid groups (broad SMARTS) is 1. The molecule has 104 valence electrons. The number of benzene rings is 1. The number of methoxy groups -OCH3 is 1. The Labute approximate surface area is 112 Å². The Balaban J connectivity index is 2.77. The van der Waals surface area contributed by atoms with Gasteiger partial charge in [-0.25, -0.2) is 0 Å².